The van der Waals surface area contributed by atoms with Gasteiger partial charge in [-0.25, -0.2) is 4.98 Å². The molecule has 0 unspecified atom stereocenters. The first-order valence-corrected chi connectivity index (χ1v) is 13.0. The van der Waals surface area contributed by atoms with Gasteiger partial charge in [0.2, 0.25) is 0 Å². The lowest BCUT2D eigenvalue weighted by atomic mass is 10.0. The molecule has 3 N–H and O–H groups in total. The molecule has 2 heterocycles. The lowest BCUT2D eigenvalue weighted by molar-refractivity contribution is 0.438. The Bertz CT molecular complexity index is 1520. The quantitative estimate of drug-likeness (QED) is 0.329. The Kier molecular flexibility index (Phi) is 10.0. The predicted octanol–water partition coefficient (Wildman–Crippen LogP) is 5.36. The smallest absolute Gasteiger partial charge is 0.133 e. The molecule has 1 aliphatic rings. The first-order valence-electron chi connectivity index (χ1n) is 13.0. The molecule has 6 nitrogen and oxygen atoms in total. The maximum absolute atomic E-state index is 4.53. The molecule has 2 aromatic heterocycles. The van der Waals surface area contributed by atoms with E-state index in [9.17, 15) is 0 Å². The van der Waals surface area contributed by atoms with Gasteiger partial charge < -0.3 is 15.5 Å². The minimum atomic E-state index is 0.636. The Balaban J connectivity index is 1.79. The average molecular weight is 521 g/mol. The molecule has 202 valence electrons. The van der Waals surface area contributed by atoms with Crippen LogP contribution in [0.15, 0.2) is 97.1 Å². The van der Waals surface area contributed by atoms with Crippen molar-refractivity contribution in [3.63, 3.8) is 0 Å². The number of aromatic nitrogens is 3. The molecule has 0 bridgehead atoms. The Morgan fingerprint density at radius 2 is 2.03 bits per heavy atom. The second-order valence-corrected chi connectivity index (χ2v) is 9.73. The zero-order valence-corrected chi connectivity index (χ0v) is 23.9. The van der Waals surface area contributed by atoms with Gasteiger partial charge in [-0.2, -0.15) is 5.10 Å². The maximum Gasteiger partial charge on any atom is 0.133 e. The van der Waals surface area contributed by atoms with Gasteiger partial charge in [0.05, 0.1) is 11.0 Å². The van der Waals surface area contributed by atoms with Crippen molar-refractivity contribution < 1.29 is 0 Å². The van der Waals surface area contributed by atoms with Crippen LogP contribution in [0.25, 0.3) is 23.9 Å². The SMILES string of the molecule is C=C\C(=C/C(=C\C)C(/C)=C/C=c1/[nH]nc(C(=C)Nc2nccc(C3=CCC=C3)c2C)c1=C)NC(=C)CN(C)C. The largest absolute Gasteiger partial charge is 0.358 e. The van der Waals surface area contributed by atoms with E-state index in [0.717, 1.165) is 63.0 Å². The summed E-state index contributed by atoms with van der Waals surface area (Å²) in [7, 11) is 4.02. The number of likely N-dealkylation sites (N-methyl/N-ethyl adjacent to an activating group) is 1. The standard InChI is InChI=1S/C33H40N6/c1-10-27(20-29(11-2)35-23(4)21-39(8)9)22(3)16-17-31-25(6)32(38-37-31)26(7)36-33-24(5)30(18-19-34-33)28-14-12-13-15-28/h10-12,14-20,35,37H,2,4,6-7,13,21H2,1,3,5,8-9H3,(H,34,36)/b22-16+,27-10+,29-20+,31-17+. The molecule has 39 heavy (non-hydrogen) atoms. The topological polar surface area (TPSA) is 68.9 Å². The molecule has 0 atom stereocenters. The van der Waals surface area contributed by atoms with E-state index in [2.05, 4.69) is 101 Å². The summed E-state index contributed by atoms with van der Waals surface area (Å²) < 4.78 is 0. The van der Waals surface area contributed by atoms with Crippen molar-refractivity contribution in [2.24, 2.45) is 0 Å². The summed E-state index contributed by atoms with van der Waals surface area (Å²) >= 11 is 0. The van der Waals surface area contributed by atoms with E-state index in [1.165, 1.54) is 5.57 Å². The molecule has 0 saturated carbocycles. The van der Waals surface area contributed by atoms with E-state index in [1.807, 2.05) is 45.4 Å². The van der Waals surface area contributed by atoms with Gasteiger partial charge in [0.25, 0.3) is 0 Å². The van der Waals surface area contributed by atoms with Crippen molar-refractivity contribution in [3.05, 3.63) is 124 Å². The zero-order chi connectivity index (χ0) is 28.5. The van der Waals surface area contributed by atoms with Crippen LogP contribution >= 0.6 is 0 Å². The fourth-order valence-corrected chi connectivity index (χ4v) is 4.27. The fraction of sp³-hybridized carbons (Fsp3) is 0.212. The van der Waals surface area contributed by atoms with Crippen LogP contribution in [0.4, 0.5) is 5.82 Å². The second-order valence-electron chi connectivity index (χ2n) is 9.73. The van der Waals surface area contributed by atoms with E-state index in [4.69, 9.17) is 0 Å². The lowest BCUT2D eigenvalue weighted by Crippen LogP contribution is -2.23. The van der Waals surface area contributed by atoms with Crippen LogP contribution in [0.1, 0.15) is 37.1 Å². The summed E-state index contributed by atoms with van der Waals surface area (Å²) in [5.74, 6) is 0.756. The minimum Gasteiger partial charge on any atom is -0.358 e. The number of H-pyrrole nitrogens is 1. The fourth-order valence-electron chi connectivity index (χ4n) is 4.27. The summed E-state index contributed by atoms with van der Waals surface area (Å²) in [6.45, 7) is 23.4. The van der Waals surface area contributed by atoms with Crippen molar-refractivity contribution in [2.75, 3.05) is 26.0 Å². The van der Waals surface area contributed by atoms with Crippen molar-refractivity contribution in [3.8, 4) is 0 Å². The van der Waals surface area contributed by atoms with Gasteiger partial charge in [-0.1, -0.05) is 56.7 Å². The molecule has 0 saturated heterocycles. The van der Waals surface area contributed by atoms with Crippen LogP contribution < -0.4 is 21.2 Å². The summed E-state index contributed by atoms with van der Waals surface area (Å²) in [6.07, 6.45) is 19.2. The van der Waals surface area contributed by atoms with Crippen molar-refractivity contribution in [2.45, 2.75) is 27.2 Å². The van der Waals surface area contributed by atoms with Crippen LogP contribution in [0.2, 0.25) is 0 Å². The number of anilines is 1. The Morgan fingerprint density at radius 3 is 2.67 bits per heavy atom. The van der Waals surface area contributed by atoms with E-state index in [-0.39, 0.29) is 0 Å². The molecule has 3 rings (SSSR count). The number of rotatable bonds is 12. The minimum absolute atomic E-state index is 0.636. The highest BCUT2D eigenvalue weighted by atomic mass is 15.1. The number of hydrogen-bond donors (Lipinski definition) is 3. The zero-order valence-electron chi connectivity index (χ0n) is 23.9. The summed E-state index contributed by atoms with van der Waals surface area (Å²) in [6, 6.07) is 2.04. The molecule has 2 aromatic rings. The first-order chi connectivity index (χ1) is 18.6. The number of pyridine rings is 1. The van der Waals surface area contributed by atoms with Crippen LogP contribution in [0.5, 0.6) is 0 Å². The van der Waals surface area contributed by atoms with Crippen LogP contribution in [-0.2, 0) is 0 Å². The molecule has 0 fully saturated rings. The molecule has 0 aliphatic heterocycles. The number of nitrogens with zero attached hydrogens (tertiary/aromatic N) is 3. The predicted molar refractivity (Wildman–Crippen MR) is 168 cm³/mol. The van der Waals surface area contributed by atoms with Gasteiger partial charge >= 0.3 is 0 Å². The van der Waals surface area contributed by atoms with E-state index in [1.54, 1.807) is 6.08 Å². The molecular formula is C33H40N6. The Labute approximate surface area is 232 Å². The highest BCUT2D eigenvalue weighted by Gasteiger charge is 2.12. The molecule has 0 spiro atoms. The molecule has 1 aliphatic carbocycles. The first kappa shape index (κ1) is 29.1. The summed E-state index contributed by atoms with van der Waals surface area (Å²) in [5.41, 5.74) is 8.68. The van der Waals surface area contributed by atoms with Crippen LogP contribution in [0, 0.1) is 6.92 Å². The number of allylic oxidation sites excluding steroid dienone is 10. The third kappa shape index (κ3) is 7.55. The van der Waals surface area contributed by atoms with E-state index in [0.29, 0.717) is 11.4 Å². The highest BCUT2D eigenvalue weighted by molar-refractivity contribution is 5.82. The molecular weight excluding hydrogens is 480 g/mol. The number of aromatic amines is 1. The number of hydrogen-bond acceptors (Lipinski definition) is 5. The van der Waals surface area contributed by atoms with Gasteiger partial charge in [0, 0.05) is 29.4 Å². The van der Waals surface area contributed by atoms with E-state index < -0.39 is 0 Å². The number of nitrogens with one attached hydrogen (secondary N) is 3. The van der Waals surface area contributed by atoms with Crippen molar-refractivity contribution in [1.29, 1.82) is 0 Å². The monoisotopic (exact) mass is 520 g/mol. The second kappa shape index (κ2) is 13.4. The third-order valence-corrected chi connectivity index (χ3v) is 6.37. The van der Waals surface area contributed by atoms with Gasteiger partial charge in [-0.15, -0.1) is 0 Å². The highest BCUT2D eigenvalue weighted by Crippen LogP contribution is 2.28. The van der Waals surface area contributed by atoms with Crippen molar-refractivity contribution >= 4 is 29.7 Å². The molecule has 0 radical (unpaired) electrons. The normalized spacial score (nSPS) is 14.6. The van der Waals surface area contributed by atoms with Crippen LogP contribution in [0.3, 0.4) is 0 Å². The van der Waals surface area contributed by atoms with Crippen LogP contribution in [-0.4, -0.2) is 40.7 Å². The van der Waals surface area contributed by atoms with Gasteiger partial charge in [-0.3, -0.25) is 5.10 Å². The lowest BCUT2D eigenvalue weighted by Gasteiger charge is -2.15. The Morgan fingerprint density at radius 1 is 1.26 bits per heavy atom. The summed E-state index contributed by atoms with van der Waals surface area (Å²) in [4.78, 5) is 6.59. The molecule has 6 heteroatoms. The van der Waals surface area contributed by atoms with Crippen molar-refractivity contribution in [1.82, 2.24) is 25.4 Å². The maximum atomic E-state index is 4.53. The average Bonchev–Trinajstić information content (AvgIpc) is 3.56. The molecule has 0 aromatic carbocycles. The summed E-state index contributed by atoms with van der Waals surface area (Å²) in [5, 5.41) is 15.8. The van der Waals surface area contributed by atoms with Gasteiger partial charge in [-0.05, 0) is 93.4 Å². The Hall–Kier alpha value is -4.42. The third-order valence-electron chi connectivity index (χ3n) is 6.37. The van der Waals surface area contributed by atoms with Gasteiger partial charge in [0.15, 0.2) is 0 Å². The molecule has 0 amide bonds. The van der Waals surface area contributed by atoms with E-state index >= 15 is 0 Å². The van der Waals surface area contributed by atoms with Gasteiger partial charge in [0.1, 0.15) is 11.5 Å².